The SMILES string of the molecule is COC1(C)CC(=O)C=C(C2CC2)O1. The van der Waals surface area contributed by atoms with Crippen molar-refractivity contribution >= 4 is 5.78 Å². The zero-order valence-electron chi connectivity index (χ0n) is 8.00. The van der Waals surface area contributed by atoms with Crippen molar-refractivity contribution in [3.05, 3.63) is 11.8 Å². The van der Waals surface area contributed by atoms with E-state index in [1.165, 1.54) is 0 Å². The highest BCUT2D eigenvalue weighted by molar-refractivity contribution is 5.91. The second-order valence-electron chi connectivity index (χ2n) is 3.90. The Labute approximate surface area is 77.7 Å². The molecule has 0 aromatic rings. The minimum absolute atomic E-state index is 0.109. The van der Waals surface area contributed by atoms with Crippen molar-refractivity contribution in [2.24, 2.45) is 5.92 Å². The molecule has 1 atom stereocenters. The van der Waals surface area contributed by atoms with Crippen LogP contribution in [0.5, 0.6) is 0 Å². The largest absolute Gasteiger partial charge is 0.466 e. The average molecular weight is 182 g/mol. The molecule has 1 saturated carbocycles. The van der Waals surface area contributed by atoms with Crippen LogP contribution in [0.15, 0.2) is 11.8 Å². The predicted octanol–water partition coefficient (Wildman–Crippen LogP) is 1.63. The van der Waals surface area contributed by atoms with Crippen LogP contribution < -0.4 is 0 Å². The molecule has 0 radical (unpaired) electrons. The van der Waals surface area contributed by atoms with E-state index >= 15 is 0 Å². The van der Waals surface area contributed by atoms with Gasteiger partial charge in [0, 0.05) is 26.0 Å². The van der Waals surface area contributed by atoms with Crippen molar-refractivity contribution in [3.8, 4) is 0 Å². The summed E-state index contributed by atoms with van der Waals surface area (Å²) in [6, 6.07) is 0. The van der Waals surface area contributed by atoms with Gasteiger partial charge in [-0.25, -0.2) is 0 Å². The van der Waals surface area contributed by atoms with Crippen molar-refractivity contribution in [2.75, 3.05) is 7.11 Å². The van der Waals surface area contributed by atoms with E-state index in [1.54, 1.807) is 20.1 Å². The molecule has 1 heterocycles. The fraction of sp³-hybridized carbons (Fsp3) is 0.700. The summed E-state index contributed by atoms with van der Waals surface area (Å²) in [5.74, 6) is 0.667. The zero-order chi connectivity index (χ0) is 9.47. The Kier molecular flexibility index (Phi) is 1.91. The first-order chi connectivity index (χ1) is 6.13. The van der Waals surface area contributed by atoms with Crippen LogP contribution in [0.4, 0.5) is 0 Å². The second-order valence-corrected chi connectivity index (χ2v) is 3.90. The van der Waals surface area contributed by atoms with Crippen molar-refractivity contribution in [1.29, 1.82) is 0 Å². The fourth-order valence-electron chi connectivity index (χ4n) is 1.52. The predicted molar refractivity (Wildman–Crippen MR) is 46.9 cm³/mol. The van der Waals surface area contributed by atoms with Crippen LogP contribution >= 0.6 is 0 Å². The average Bonchev–Trinajstić information content (AvgIpc) is 2.85. The molecule has 0 bridgehead atoms. The van der Waals surface area contributed by atoms with Crippen LogP contribution in [-0.4, -0.2) is 18.7 Å². The Balaban J connectivity index is 2.16. The molecule has 0 aromatic carbocycles. The lowest BCUT2D eigenvalue weighted by atomic mass is 10.1. The molecule has 1 aliphatic carbocycles. The number of methoxy groups -OCH3 is 1. The monoisotopic (exact) mass is 182 g/mol. The fourth-order valence-corrected chi connectivity index (χ4v) is 1.52. The van der Waals surface area contributed by atoms with E-state index in [1.807, 2.05) is 0 Å². The minimum atomic E-state index is -0.732. The first kappa shape index (κ1) is 8.75. The third kappa shape index (κ3) is 1.75. The maximum absolute atomic E-state index is 11.3. The molecular weight excluding hydrogens is 168 g/mol. The summed E-state index contributed by atoms with van der Waals surface area (Å²) in [4.78, 5) is 11.3. The molecule has 72 valence electrons. The molecule has 0 amide bonds. The molecule has 0 spiro atoms. The highest BCUT2D eigenvalue weighted by atomic mass is 16.7. The molecule has 0 saturated heterocycles. The summed E-state index contributed by atoms with van der Waals surface area (Å²) >= 11 is 0. The number of hydrogen-bond acceptors (Lipinski definition) is 3. The summed E-state index contributed by atoms with van der Waals surface area (Å²) in [5.41, 5.74) is 0. The number of ether oxygens (including phenoxy) is 2. The Hall–Kier alpha value is -0.830. The maximum atomic E-state index is 11.3. The maximum Gasteiger partial charge on any atom is 0.214 e. The smallest absolute Gasteiger partial charge is 0.214 e. The van der Waals surface area contributed by atoms with Crippen LogP contribution in [0.1, 0.15) is 26.2 Å². The van der Waals surface area contributed by atoms with Crippen molar-refractivity contribution in [2.45, 2.75) is 32.0 Å². The summed E-state index contributed by atoms with van der Waals surface area (Å²) < 4.78 is 10.8. The summed E-state index contributed by atoms with van der Waals surface area (Å²) in [6.45, 7) is 1.81. The standard InChI is InChI=1S/C10H14O3/c1-10(12-2)6-8(11)5-9(13-10)7-3-4-7/h5,7H,3-4,6H2,1-2H3. The highest BCUT2D eigenvalue weighted by Crippen LogP contribution is 2.41. The Morgan fingerprint density at radius 1 is 1.62 bits per heavy atom. The van der Waals surface area contributed by atoms with Gasteiger partial charge in [-0.3, -0.25) is 4.79 Å². The third-order valence-corrected chi connectivity index (χ3v) is 2.54. The van der Waals surface area contributed by atoms with Gasteiger partial charge in [0.05, 0.1) is 6.42 Å². The van der Waals surface area contributed by atoms with Crippen LogP contribution in [-0.2, 0) is 14.3 Å². The normalized spacial score (nSPS) is 34.0. The Morgan fingerprint density at radius 3 is 2.85 bits per heavy atom. The lowest BCUT2D eigenvalue weighted by molar-refractivity contribution is -0.197. The molecule has 3 nitrogen and oxygen atoms in total. The van der Waals surface area contributed by atoms with Gasteiger partial charge in [0.1, 0.15) is 5.76 Å². The number of carbonyl (C=O) groups is 1. The quantitative estimate of drug-likeness (QED) is 0.651. The lowest BCUT2D eigenvalue weighted by Crippen LogP contribution is -2.36. The molecule has 2 aliphatic rings. The zero-order valence-corrected chi connectivity index (χ0v) is 8.00. The molecule has 13 heavy (non-hydrogen) atoms. The molecule has 1 aliphatic heterocycles. The van der Waals surface area contributed by atoms with E-state index in [4.69, 9.17) is 9.47 Å². The Morgan fingerprint density at radius 2 is 2.31 bits per heavy atom. The third-order valence-electron chi connectivity index (χ3n) is 2.54. The summed E-state index contributed by atoms with van der Waals surface area (Å²) in [5, 5.41) is 0. The first-order valence-corrected chi connectivity index (χ1v) is 4.61. The minimum Gasteiger partial charge on any atom is -0.466 e. The van der Waals surface area contributed by atoms with Crippen LogP contribution in [0.25, 0.3) is 0 Å². The molecule has 1 fully saturated rings. The van der Waals surface area contributed by atoms with Crippen molar-refractivity contribution in [3.63, 3.8) is 0 Å². The number of allylic oxidation sites excluding steroid dienone is 2. The summed E-state index contributed by atoms with van der Waals surface area (Å²) in [6.07, 6.45) is 4.22. The van der Waals surface area contributed by atoms with Crippen LogP contribution in [0.3, 0.4) is 0 Å². The first-order valence-electron chi connectivity index (χ1n) is 4.61. The van der Waals surface area contributed by atoms with Gasteiger partial charge in [0.15, 0.2) is 5.78 Å². The summed E-state index contributed by atoms with van der Waals surface area (Å²) in [7, 11) is 1.57. The van der Waals surface area contributed by atoms with Gasteiger partial charge in [-0.1, -0.05) is 0 Å². The molecule has 1 unspecified atom stereocenters. The number of carbonyl (C=O) groups excluding carboxylic acids is 1. The molecule has 0 N–H and O–H groups in total. The van der Waals surface area contributed by atoms with Crippen LogP contribution in [0.2, 0.25) is 0 Å². The highest BCUT2D eigenvalue weighted by Gasteiger charge is 2.39. The van der Waals surface area contributed by atoms with E-state index < -0.39 is 5.79 Å². The van der Waals surface area contributed by atoms with E-state index in [0.717, 1.165) is 18.6 Å². The van der Waals surface area contributed by atoms with Crippen molar-refractivity contribution in [1.82, 2.24) is 0 Å². The molecule has 2 rings (SSSR count). The van der Waals surface area contributed by atoms with Gasteiger partial charge >= 0.3 is 0 Å². The number of hydrogen-bond donors (Lipinski definition) is 0. The van der Waals surface area contributed by atoms with Crippen LogP contribution in [0, 0.1) is 5.92 Å². The van der Waals surface area contributed by atoms with Gasteiger partial charge in [-0.05, 0) is 12.8 Å². The van der Waals surface area contributed by atoms with E-state index in [0.29, 0.717) is 12.3 Å². The second kappa shape index (κ2) is 2.84. The number of rotatable bonds is 2. The molecule has 0 aromatic heterocycles. The van der Waals surface area contributed by atoms with Crippen molar-refractivity contribution < 1.29 is 14.3 Å². The Bertz CT molecular complexity index is 265. The van der Waals surface area contributed by atoms with E-state index in [9.17, 15) is 4.79 Å². The molecular formula is C10H14O3. The topological polar surface area (TPSA) is 35.5 Å². The molecule has 3 heteroatoms. The lowest BCUT2D eigenvalue weighted by Gasteiger charge is -2.32. The van der Waals surface area contributed by atoms with E-state index in [-0.39, 0.29) is 5.78 Å². The van der Waals surface area contributed by atoms with E-state index in [2.05, 4.69) is 0 Å². The van der Waals surface area contributed by atoms with Gasteiger partial charge < -0.3 is 9.47 Å². The van der Waals surface area contributed by atoms with Gasteiger partial charge in [0.2, 0.25) is 5.79 Å². The number of ketones is 1. The van der Waals surface area contributed by atoms with Gasteiger partial charge in [-0.2, -0.15) is 0 Å². The van der Waals surface area contributed by atoms with Gasteiger partial charge in [0.25, 0.3) is 0 Å². The van der Waals surface area contributed by atoms with Gasteiger partial charge in [-0.15, -0.1) is 0 Å².